The van der Waals surface area contributed by atoms with Crippen molar-refractivity contribution in [1.29, 1.82) is 0 Å². The predicted molar refractivity (Wildman–Crippen MR) is 94.5 cm³/mol. The number of anilines is 1. The van der Waals surface area contributed by atoms with Crippen molar-refractivity contribution in [3.8, 4) is 0 Å². The molecule has 0 atom stereocenters. The first-order valence-corrected chi connectivity index (χ1v) is 8.48. The lowest BCUT2D eigenvalue weighted by atomic mass is 10.1. The Morgan fingerprint density at radius 3 is 2.70 bits per heavy atom. The average Bonchev–Trinajstić information content (AvgIpc) is 3.08. The van der Waals surface area contributed by atoms with Crippen LogP contribution in [0, 0.1) is 0 Å². The monoisotopic (exact) mass is 311 g/mol. The first kappa shape index (κ1) is 15.6. The number of nitrogens with one attached hydrogen (secondary N) is 1. The number of benzene rings is 1. The van der Waals surface area contributed by atoms with E-state index in [2.05, 4.69) is 38.8 Å². The molecule has 2 aromatic rings. The molecule has 0 spiro atoms. The lowest BCUT2D eigenvalue weighted by molar-refractivity contribution is 0.340. The van der Waals surface area contributed by atoms with Crippen LogP contribution in [-0.2, 0) is 13.1 Å². The molecule has 5 nitrogen and oxygen atoms in total. The number of aromatic nitrogens is 2. The third-order valence-electron chi connectivity index (χ3n) is 4.20. The number of hydrogen-bond acceptors (Lipinski definition) is 2. The Bertz CT molecular complexity index is 626. The molecule has 1 aliphatic heterocycles. The SMILES string of the molecule is CCn1ccnc1CN=C(Nc1ccccc1)N1CCCCC1. The number of para-hydroxylation sites is 1. The highest BCUT2D eigenvalue weighted by Crippen LogP contribution is 2.13. The summed E-state index contributed by atoms with van der Waals surface area (Å²) in [5, 5.41) is 3.49. The summed E-state index contributed by atoms with van der Waals surface area (Å²) in [6, 6.07) is 10.3. The van der Waals surface area contributed by atoms with E-state index in [0.717, 1.165) is 37.1 Å². The van der Waals surface area contributed by atoms with E-state index < -0.39 is 0 Å². The molecule has 0 bridgehead atoms. The van der Waals surface area contributed by atoms with Gasteiger partial charge in [0.25, 0.3) is 0 Å². The zero-order valence-electron chi connectivity index (χ0n) is 13.8. The molecule has 1 fully saturated rings. The van der Waals surface area contributed by atoms with Crippen molar-refractivity contribution in [3.63, 3.8) is 0 Å². The Morgan fingerprint density at radius 1 is 1.17 bits per heavy atom. The van der Waals surface area contributed by atoms with Crippen molar-refractivity contribution in [3.05, 3.63) is 48.5 Å². The van der Waals surface area contributed by atoms with Gasteiger partial charge < -0.3 is 14.8 Å². The highest BCUT2D eigenvalue weighted by molar-refractivity contribution is 5.93. The van der Waals surface area contributed by atoms with E-state index in [-0.39, 0.29) is 0 Å². The summed E-state index contributed by atoms with van der Waals surface area (Å²) in [4.78, 5) is 11.6. The zero-order chi connectivity index (χ0) is 15.9. The number of hydrogen-bond donors (Lipinski definition) is 1. The molecule has 122 valence electrons. The first-order chi connectivity index (χ1) is 11.4. The number of likely N-dealkylation sites (tertiary alicyclic amines) is 1. The van der Waals surface area contributed by atoms with Crippen molar-refractivity contribution in [2.24, 2.45) is 4.99 Å². The molecule has 1 aliphatic rings. The van der Waals surface area contributed by atoms with E-state index in [1.54, 1.807) is 0 Å². The first-order valence-electron chi connectivity index (χ1n) is 8.48. The quantitative estimate of drug-likeness (QED) is 0.695. The number of aryl methyl sites for hydroxylation is 1. The largest absolute Gasteiger partial charge is 0.343 e. The number of imidazole rings is 1. The third kappa shape index (κ3) is 4.12. The van der Waals surface area contributed by atoms with E-state index in [1.165, 1.54) is 19.3 Å². The summed E-state index contributed by atoms with van der Waals surface area (Å²) in [7, 11) is 0. The molecule has 0 aliphatic carbocycles. The molecule has 23 heavy (non-hydrogen) atoms. The van der Waals surface area contributed by atoms with Crippen LogP contribution in [0.4, 0.5) is 5.69 Å². The van der Waals surface area contributed by atoms with Gasteiger partial charge in [-0.1, -0.05) is 18.2 Å². The van der Waals surface area contributed by atoms with Gasteiger partial charge in [0, 0.05) is 37.7 Å². The maximum atomic E-state index is 4.84. The predicted octanol–water partition coefficient (Wildman–Crippen LogP) is 3.36. The van der Waals surface area contributed by atoms with Gasteiger partial charge in [-0.3, -0.25) is 0 Å². The second-order valence-corrected chi connectivity index (χ2v) is 5.81. The minimum absolute atomic E-state index is 0.604. The highest BCUT2D eigenvalue weighted by atomic mass is 15.3. The summed E-state index contributed by atoms with van der Waals surface area (Å²) in [6.45, 7) is 5.80. The van der Waals surface area contributed by atoms with Crippen LogP contribution >= 0.6 is 0 Å². The summed E-state index contributed by atoms with van der Waals surface area (Å²) < 4.78 is 2.14. The number of aliphatic imine (C=N–C) groups is 1. The molecule has 1 aromatic heterocycles. The van der Waals surface area contributed by atoms with Crippen LogP contribution in [-0.4, -0.2) is 33.5 Å². The van der Waals surface area contributed by atoms with Gasteiger partial charge in [0.1, 0.15) is 12.4 Å². The lowest BCUT2D eigenvalue weighted by Gasteiger charge is -2.30. The summed E-state index contributed by atoms with van der Waals surface area (Å²) >= 11 is 0. The molecule has 1 N–H and O–H groups in total. The van der Waals surface area contributed by atoms with Gasteiger partial charge >= 0.3 is 0 Å². The zero-order valence-corrected chi connectivity index (χ0v) is 13.8. The standard InChI is InChI=1S/C18H25N5/c1-2-22-14-11-19-17(22)15-20-18(23-12-7-4-8-13-23)21-16-9-5-3-6-10-16/h3,5-6,9-11,14H,2,4,7-8,12-13,15H2,1H3,(H,20,21). The van der Waals surface area contributed by atoms with E-state index in [0.29, 0.717) is 6.54 Å². The van der Waals surface area contributed by atoms with Crippen LogP contribution in [0.5, 0.6) is 0 Å². The Labute approximate surface area is 138 Å². The Morgan fingerprint density at radius 2 is 1.96 bits per heavy atom. The average molecular weight is 311 g/mol. The third-order valence-corrected chi connectivity index (χ3v) is 4.20. The summed E-state index contributed by atoms with van der Waals surface area (Å²) in [6.07, 6.45) is 7.64. The van der Waals surface area contributed by atoms with Gasteiger partial charge in [-0.25, -0.2) is 9.98 Å². The van der Waals surface area contributed by atoms with Crippen LogP contribution < -0.4 is 5.32 Å². The van der Waals surface area contributed by atoms with Gasteiger partial charge in [-0.05, 0) is 38.3 Å². The molecule has 1 saturated heterocycles. The molecule has 3 rings (SSSR count). The maximum Gasteiger partial charge on any atom is 0.198 e. The molecule has 2 heterocycles. The van der Waals surface area contributed by atoms with Crippen LogP contribution in [0.1, 0.15) is 32.0 Å². The second-order valence-electron chi connectivity index (χ2n) is 5.81. The molecule has 0 unspecified atom stereocenters. The van der Waals surface area contributed by atoms with Crippen molar-refractivity contribution in [2.75, 3.05) is 18.4 Å². The molecule has 0 radical (unpaired) electrons. The minimum Gasteiger partial charge on any atom is -0.343 e. The van der Waals surface area contributed by atoms with Crippen LogP contribution in [0.15, 0.2) is 47.7 Å². The number of nitrogens with zero attached hydrogens (tertiary/aromatic N) is 4. The smallest absolute Gasteiger partial charge is 0.198 e. The molecular weight excluding hydrogens is 286 g/mol. The van der Waals surface area contributed by atoms with E-state index >= 15 is 0 Å². The minimum atomic E-state index is 0.604. The highest BCUT2D eigenvalue weighted by Gasteiger charge is 2.15. The molecule has 1 aromatic carbocycles. The molecule has 0 saturated carbocycles. The number of piperidine rings is 1. The normalized spacial score (nSPS) is 15.7. The summed E-state index contributed by atoms with van der Waals surface area (Å²) in [5.41, 5.74) is 1.08. The fourth-order valence-corrected chi connectivity index (χ4v) is 2.90. The maximum absolute atomic E-state index is 4.84. The van der Waals surface area contributed by atoms with Crippen molar-refractivity contribution in [2.45, 2.75) is 39.3 Å². The van der Waals surface area contributed by atoms with E-state index in [4.69, 9.17) is 4.99 Å². The summed E-state index contributed by atoms with van der Waals surface area (Å²) in [5.74, 6) is 1.97. The fourth-order valence-electron chi connectivity index (χ4n) is 2.90. The van der Waals surface area contributed by atoms with Crippen LogP contribution in [0.25, 0.3) is 0 Å². The second kappa shape index (κ2) is 7.81. The van der Waals surface area contributed by atoms with Crippen LogP contribution in [0.2, 0.25) is 0 Å². The van der Waals surface area contributed by atoms with Crippen molar-refractivity contribution >= 4 is 11.6 Å². The van der Waals surface area contributed by atoms with Crippen molar-refractivity contribution < 1.29 is 0 Å². The fraction of sp³-hybridized carbons (Fsp3) is 0.444. The Balaban J connectivity index is 1.77. The number of rotatable bonds is 4. The van der Waals surface area contributed by atoms with Gasteiger partial charge in [0.15, 0.2) is 5.96 Å². The molecule has 0 amide bonds. The van der Waals surface area contributed by atoms with Gasteiger partial charge in [-0.2, -0.15) is 0 Å². The molecular formula is C18H25N5. The van der Waals surface area contributed by atoms with Crippen molar-refractivity contribution in [1.82, 2.24) is 14.5 Å². The van der Waals surface area contributed by atoms with Gasteiger partial charge in [0.2, 0.25) is 0 Å². The van der Waals surface area contributed by atoms with Gasteiger partial charge in [0.05, 0.1) is 0 Å². The Hall–Kier alpha value is -2.30. The lowest BCUT2D eigenvalue weighted by Crippen LogP contribution is -2.40. The topological polar surface area (TPSA) is 45.5 Å². The number of guanidine groups is 1. The van der Waals surface area contributed by atoms with Crippen LogP contribution in [0.3, 0.4) is 0 Å². The van der Waals surface area contributed by atoms with E-state index in [9.17, 15) is 0 Å². The molecule has 5 heteroatoms. The van der Waals surface area contributed by atoms with Gasteiger partial charge in [-0.15, -0.1) is 0 Å². The van der Waals surface area contributed by atoms with E-state index in [1.807, 2.05) is 30.6 Å². The Kier molecular flexibility index (Phi) is 5.29.